The maximum Gasteiger partial charge on any atom is 0.278 e. The minimum absolute atomic E-state index is 0. The van der Waals surface area contributed by atoms with Crippen molar-refractivity contribution in [1.82, 2.24) is 24.2 Å². The van der Waals surface area contributed by atoms with Gasteiger partial charge in [-0.3, -0.25) is 9.78 Å². The second-order valence-electron chi connectivity index (χ2n) is 7.54. The van der Waals surface area contributed by atoms with Gasteiger partial charge in [-0.05, 0) is 31.3 Å². The summed E-state index contributed by atoms with van der Waals surface area (Å²) >= 11 is 0. The van der Waals surface area contributed by atoms with Gasteiger partial charge in [0, 0.05) is 37.9 Å². The summed E-state index contributed by atoms with van der Waals surface area (Å²) in [7, 11) is -2.07. The van der Waals surface area contributed by atoms with Crippen LogP contribution in [0.3, 0.4) is 0 Å². The first kappa shape index (κ1) is 25.4. The first-order valence-electron chi connectivity index (χ1n) is 10.1. The molecule has 0 bridgehead atoms. The van der Waals surface area contributed by atoms with E-state index in [2.05, 4.69) is 20.3 Å². The van der Waals surface area contributed by atoms with E-state index in [0.717, 1.165) is 6.07 Å². The average Bonchev–Trinajstić information content (AvgIpc) is 2.80. The lowest BCUT2D eigenvalue weighted by Crippen LogP contribution is -2.47. The zero-order valence-corrected chi connectivity index (χ0v) is 19.8. The van der Waals surface area contributed by atoms with Crippen LogP contribution in [-0.4, -0.2) is 71.7 Å². The number of carbonyl (C=O) groups excluding carboxylic acids is 1. The number of carbonyl (C=O) groups is 1. The Labute approximate surface area is 202 Å². The Kier molecular flexibility index (Phi) is 7.77. The van der Waals surface area contributed by atoms with Crippen molar-refractivity contribution in [3.63, 3.8) is 0 Å². The number of amides is 1. The monoisotopic (exact) mass is 507 g/mol. The first-order chi connectivity index (χ1) is 15.8. The van der Waals surface area contributed by atoms with Crippen molar-refractivity contribution < 1.29 is 17.6 Å². The maximum absolute atomic E-state index is 14.9. The van der Waals surface area contributed by atoms with Gasteiger partial charge >= 0.3 is 0 Å². The Hall–Kier alpha value is -3.19. The number of halogens is 2. The molecule has 1 aliphatic heterocycles. The number of nitrogens with two attached hydrogens (primary N) is 1. The standard InChI is InChI=1S/C21H22FN7O3S.ClH/c1-28-7-9-29(10-8-28)33(31,32)18-5-4-14(11-16(18)22)17-13-25-20(23)19(27-17)21(30)26-15-3-2-6-24-12-15;/h2-6,11-13H,7-10H2,1H3,(H2,23,25)(H,26,30);1H. The zero-order chi connectivity index (χ0) is 23.6. The molecule has 0 unspecified atom stereocenters. The normalized spacial score (nSPS) is 14.9. The number of nitrogens with one attached hydrogen (secondary N) is 1. The number of nitrogens with zero attached hydrogens (tertiary/aromatic N) is 5. The van der Waals surface area contributed by atoms with Gasteiger partial charge in [0.1, 0.15) is 10.7 Å². The SMILES string of the molecule is CN1CCN(S(=O)(=O)c2ccc(-c3cnc(N)c(C(=O)Nc4cccnc4)n3)cc2F)CC1.Cl. The van der Waals surface area contributed by atoms with Crippen LogP contribution in [-0.2, 0) is 10.0 Å². The number of nitrogen functional groups attached to an aromatic ring is 1. The van der Waals surface area contributed by atoms with Crippen LogP contribution >= 0.6 is 12.4 Å². The smallest absolute Gasteiger partial charge is 0.278 e. The lowest BCUT2D eigenvalue weighted by molar-refractivity contribution is 0.102. The number of hydrogen-bond donors (Lipinski definition) is 2. The third kappa shape index (κ3) is 5.30. The lowest BCUT2D eigenvalue weighted by Gasteiger charge is -2.31. The van der Waals surface area contributed by atoms with Crippen molar-refractivity contribution >= 4 is 39.8 Å². The van der Waals surface area contributed by atoms with Crippen LogP contribution in [0.15, 0.2) is 53.8 Å². The third-order valence-electron chi connectivity index (χ3n) is 5.24. The third-order valence-corrected chi connectivity index (χ3v) is 7.17. The first-order valence-corrected chi connectivity index (χ1v) is 11.5. The molecule has 0 radical (unpaired) electrons. The van der Waals surface area contributed by atoms with Gasteiger partial charge in [-0.15, -0.1) is 12.4 Å². The van der Waals surface area contributed by atoms with Gasteiger partial charge in [0.05, 0.1) is 23.8 Å². The fraction of sp³-hybridized carbons (Fsp3) is 0.238. The number of benzene rings is 1. The Balaban J connectivity index is 0.00000324. The predicted octanol–water partition coefficient (Wildman–Crippen LogP) is 1.87. The van der Waals surface area contributed by atoms with Crippen LogP contribution in [0.4, 0.5) is 15.9 Å². The number of rotatable bonds is 5. The number of piperazine rings is 1. The van der Waals surface area contributed by atoms with Crippen LogP contribution in [0.1, 0.15) is 10.5 Å². The van der Waals surface area contributed by atoms with Gasteiger partial charge in [0.2, 0.25) is 10.0 Å². The molecular formula is C21H23ClFN7O3S. The molecule has 2 aromatic heterocycles. The predicted molar refractivity (Wildman–Crippen MR) is 128 cm³/mol. The van der Waals surface area contributed by atoms with Gasteiger partial charge in [0.25, 0.3) is 5.91 Å². The summed E-state index contributed by atoms with van der Waals surface area (Å²) in [5.74, 6) is -1.62. The molecule has 10 nitrogen and oxygen atoms in total. The Morgan fingerprint density at radius 3 is 2.53 bits per heavy atom. The number of sulfonamides is 1. The van der Waals surface area contributed by atoms with Gasteiger partial charge in [0.15, 0.2) is 11.5 Å². The van der Waals surface area contributed by atoms with Crippen LogP contribution in [0.5, 0.6) is 0 Å². The molecule has 34 heavy (non-hydrogen) atoms. The number of hydrogen-bond acceptors (Lipinski definition) is 8. The molecule has 0 spiro atoms. The van der Waals surface area contributed by atoms with Gasteiger partial charge in [-0.1, -0.05) is 6.07 Å². The van der Waals surface area contributed by atoms with E-state index in [4.69, 9.17) is 5.73 Å². The van der Waals surface area contributed by atoms with E-state index in [-0.39, 0.29) is 35.2 Å². The molecule has 1 fully saturated rings. The largest absolute Gasteiger partial charge is 0.382 e. The molecule has 180 valence electrons. The van der Waals surface area contributed by atoms with E-state index in [1.54, 1.807) is 18.3 Å². The van der Waals surface area contributed by atoms with Gasteiger partial charge < -0.3 is 16.0 Å². The highest BCUT2D eigenvalue weighted by atomic mass is 35.5. The molecule has 3 heterocycles. The summed E-state index contributed by atoms with van der Waals surface area (Å²) in [6.45, 7) is 1.73. The highest BCUT2D eigenvalue weighted by Gasteiger charge is 2.30. The molecule has 13 heteroatoms. The van der Waals surface area contributed by atoms with Crippen molar-refractivity contribution in [3.8, 4) is 11.3 Å². The van der Waals surface area contributed by atoms with Crippen LogP contribution in [0.2, 0.25) is 0 Å². The van der Waals surface area contributed by atoms with Crippen molar-refractivity contribution in [2.75, 3.05) is 44.3 Å². The molecule has 1 saturated heterocycles. The fourth-order valence-corrected chi connectivity index (χ4v) is 4.84. The highest BCUT2D eigenvalue weighted by molar-refractivity contribution is 7.89. The molecule has 1 amide bonds. The van der Waals surface area contributed by atoms with Crippen LogP contribution in [0, 0.1) is 5.82 Å². The van der Waals surface area contributed by atoms with Crippen LogP contribution < -0.4 is 11.1 Å². The Morgan fingerprint density at radius 2 is 1.88 bits per heavy atom. The van der Waals surface area contributed by atoms with Crippen molar-refractivity contribution in [2.24, 2.45) is 0 Å². The molecule has 1 aromatic carbocycles. The van der Waals surface area contributed by atoms with E-state index in [0.29, 0.717) is 31.9 Å². The number of pyridine rings is 1. The number of likely N-dealkylation sites (N-methyl/N-ethyl adjacent to an activating group) is 1. The van der Waals surface area contributed by atoms with E-state index in [1.165, 1.54) is 28.8 Å². The van der Waals surface area contributed by atoms with E-state index in [9.17, 15) is 17.6 Å². The molecule has 3 aromatic rings. The highest BCUT2D eigenvalue weighted by Crippen LogP contribution is 2.26. The molecule has 3 N–H and O–H groups in total. The molecule has 0 aliphatic carbocycles. The maximum atomic E-state index is 14.9. The number of aromatic nitrogens is 3. The molecule has 0 saturated carbocycles. The quantitative estimate of drug-likeness (QED) is 0.534. The molecular weight excluding hydrogens is 485 g/mol. The van der Waals surface area contributed by atoms with E-state index in [1.807, 2.05) is 11.9 Å². The van der Waals surface area contributed by atoms with Crippen molar-refractivity contribution in [3.05, 3.63) is 60.4 Å². The number of anilines is 2. The second kappa shape index (κ2) is 10.4. The summed E-state index contributed by atoms with van der Waals surface area (Å²) in [6, 6.07) is 6.99. The van der Waals surface area contributed by atoms with E-state index >= 15 is 0 Å². The minimum atomic E-state index is -3.97. The molecule has 4 rings (SSSR count). The van der Waals surface area contributed by atoms with E-state index < -0.39 is 26.6 Å². The van der Waals surface area contributed by atoms with Crippen LogP contribution in [0.25, 0.3) is 11.3 Å². The summed E-state index contributed by atoms with van der Waals surface area (Å²) in [6.07, 6.45) is 4.31. The lowest BCUT2D eigenvalue weighted by atomic mass is 10.1. The van der Waals surface area contributed by atoms with Gasteiger partial charge in [-0.2, -0.15) is 4.31 Å². The molecule has 1 aliphatic rings. The topological polar surface area (TPSA) is 134 Å². The average molecular weight is 508 g/mol. The van der Waals surface area contributed by atoms with Crippen molar-refractivity contribution in [1.29, 1.82) is 0 Å². The van der Waals surface area contributed by atoms with Crippen molar-refractivity contribution in [2.45, 2.75) is 4.90 Å². The summed E-state index contributed by atoms with van der Waals surface area (Å²) in [5, 5.41) is 2.61. The molecule has 0 atom stereocenters. The zero-order valence-electron chi connectivity index (χ0n) is 18.2. The summed E-state index contributed by atoms with van der Waals surface area (Å²) in [4.78, 5) is 26.3. The summed E-state index contributed by atoms with van der Waals surface area (Å²) in [5.41, 5.74) is 6.54. The Bertz CT molecular complexity index is 1290. The minimum Gasteiger partial charge on any atom is -0.382 e. The second-order valence-corrected chi connectivity index (χ2v) is 9.44. The Morgan fingerprint density at radius 1 is 1.15 bits per heavy atom. The fourth-order valence-electron chi connectivity index (χ4n) is 3.37. The van der Waals surface area contributed by atoms with Gasteiger partial charge in [-0.25, -0.2) is 22.8 Å². The summed E-state index contributed by atoms with van der Waals surface area (Å²) < 4.78 is 42.0.